The predicted molar refractivity (Wildman–Crippen MR) is 148 cm³/mol. The predicted octanol–water partition coefficient (Wildman–Crippen LogP) is 5.60. The molecule has 38 heavy (non-hydrogen) atoms. The molecule has 2 atom stereocenters. The Morgan fingerprint density at radius 3 is 2.34 bits per heavy atom. The Labute approximate surface area is 225 Å². The molecular weight excluding hydrogens is 523 g/mol. The number of ether oxygens (including phenoxy) is 1. The minimum Gasteiger partial charge on any atom is -0.465 e. The van der Waals surface area contributed by atoms with Crippen molar-refractivity contribution in [3.05, 3.63) is 101 Å². The minimum absolute atomic E-state index is 0.133. The van der Waals surface area contributed by atoms with Crippen molar-refractivity contribution in [2.24, 2.45) is 0 Å². The van der Waals surface area contributed by atoms with Crippen molar-refractivity contribution in [3.63, 3.8) is 0 Å². The molecule has 0 aliphatic rings. The van der Waals surface area contributed by atoms with Crippen LogP contribution in [0.15, 0.2) is 91.0 Å². The van der Waals surface area contributed by atoms with Gasteiger partial charge >= 0.3 is 13.7 Å². The topological polar surface area (TPSA) is 103 Å². The van der Waals surface area contributed by atoms with E-state index in [0.29, 0.717) is 17.0 Å². The molecule has 0 fully saturated rings. The second kappa shape index (κ2) is 13.3. The van der Waals surface area contributed by atoms with Crippen LogP contribution < -0.4 is 14.9 Å². The average Bonchev–Trinajstić information content (AvgIpc) is 3.37. The van der Waals surface area contributed by atoms with Crippen molar-refractivity contribution in [1.82, 2.24) is 10.4 Å². The number of hydrogen-bond acceptors (Lipinski definition) is 7. The first-order valence-corrected chi connectivity index (χ1v) is 14.5. The molecule has 1 unspecified atom stereocenters. The summed E-state index contributed by atoms with van der Waals surface area (Å²) in [5, 5.41) is 6.58. The molecule has 4 rings (SSSR count). The molecule has 198 valence electrons. The first-order valence-electron chi connectivity index (χ1n) is 12.2. The van der Waals surface area contributed by atoms with Crippen molar-refractivity contribution in [2.45, 2.75) is 19.4 Å². The zero-order valence-electron chi connectivity index (χ0n) is 20.9. The van der Waals surface area contributed by atoms with Crippen molar-refractivity contribution < 1.29 is 27.9 Å². The Bertz CT molecular complexity index is 1360. The molecule has 2 N–H and O–H groups in total. The third kappa shape index (κ3) is 8.00. The van der Waals surface area contributed by atoms with Crippen LogP contribution in [0.3, 0.4) is 0 Å². The Hall–Kier alpha value is -3.49. The monoisotopic (exact) mass is 552 g/mol. The Balaban J connectivity index is 1.51. The number of esters is 1. The van der Waals surface area contributed by atoms with E-state index in [4.69, 9.17) is 13.8 Å². The van der Waals surface area contributed by atoms with E-state index >= 15 is 0 Å². The molecule has 1 heterocycles. The van der Waals surface area contributed by atoms with Crippen LogP contribution in [0.1, 0.15) is 22.2 Å². The first kappa shape index (κ1) is 27.5. The molecule has 0 saturated carbocycles. The number of carbonyl (C=O) groups is 2. The van der Waals surface area contributed by atoms with Crippen LogP contribution in [0.5, 0.6) is 5.75 Å². The number of hydrogen-bond donors (Lipinski definition) is 2. The largest absolute Gasteiger partial charge is 0.465 e. The summed E-state index contributed by atoms with van der Waals surface area (Å²) < 4.78 is 31.0. The van der Waals surface area contributed by atoms with Gasteiger partial charge in [-0.1, -0.05) is 66.7 Å². The summed E-state index contributed by atoms with van der Waals surface area (Å²) in [6.45, 7) is 1.37. The van der Waals surface area contributed by atoms with Crippen LogP contribution in [-0.2, 0) is 25.0 Å². The fraction of sp³-hybridized carbons (Fsp3) is 0.214. The smallest absolute Gasteiger partial charge is 0.459 e. The molecule has 0 bridgehead atoms. The second-order valence-corrected chi connectivity index (χ2v) is 11.2. The zero-order chi connectivity index (χ0) is 26.8. The quantitative estimate of drug-likeness (QED) is 0.164. The summed E-state index contributed by atoms with van der Waals surface area (Å²) in [4.78, 5) is 25.7. The second-order valence-electron chi connectivity index (χ2n) is 8.35. The van der Waals surface area contributed by atoms with Crippen molar-refractivity contribution in [3.8, 4) is 5.75 Å². The molecule has 4 aromatic rings. The van der Waals surface area contributed by atoms with Crippen LogP contribution >= 0.6 is 19.1 Å². The summed E-state index contributed by atoms with van der Waals surface area (Å²) >= 11 is 1.40. The molecule has 0 saturated heterocycles. The van der Waals surface area contributed by atoms with Gasteiger partial charge in [-0.3, -0.25) is 14.1 Å². The van der Waals surface area contributed by atoms with Gasteiger partial charge in [0.05, 0.1) is 24.1 Å². The lowest BCUT2D eigenvalue weighted by atomic mass is 10.1. The van der Waals surface area contributed by atoms with Crippen LogP contribution in [0.4, 0.5) is 0 Å². The lowest BCUT2D eigenvalue weighted by molar-refractivity contribution is -0.141. The van der Waals surface area contributed by atoms with E-state index in [-0.39, 0.29) is 25.7 Å². The maximum Gasteiger partial charge on any atom is 0.459 e. The molecule has 8 nitrogen and oxygen atoms in total. The molecule has 1 amide bonds. The maximum absolute atomic E-state index is 13.6. The number of para-hydroxylation sites is 1. The molecule has 0 spiro atoms. The van der Waals surface area contributed by atoms with Crippen LogP contribution in [0, 0.1) is 0 Å². The normalized spacial score (nSPS) is 13.4. The Morgan fingerprint density at radius 2 is 1.63 bits per heavy atom. The van der Waals surface area contributed by atoms with Gasteiger partial charge < -0.3 is 14.6 Å². The molecule has 10 heteroatoms. The summed E-state index contributed by atoms with van der Waals surface area (Å²) in [6, 6.07) is 27.2. The van der Waals surface area contributed by atoms with Gasteiger partial charge in [-0.15, -0.1) is 11.3 Å². The van der Waals surface area contributed by atoms with Crippen molar-refractivity contribution in [1.29, 1.82) is 0 Å². The van der Waals surface area contributed by atoms with Gasteiger partial charge in [-0.2, -0.15) is 0 Å². The van der Waals surface area contributed by atoms with E-state index in [2.05, 4.69) is 10.4 Å². The number of fused-ring (bicyclic) bond motifs is 1. The van der Waals surface area contributed by atoms with Crippen LogP contribution in [0.2, 0.25) is 0 Å². The van der Waals surface area contributed by atoms with E-state index < -0.39 is 19.8 Å². The van der Waals surface area contributed by atoms with Gasteiger partial charge in [-0.05, 0) is 48.6 Å². The number of carbonyl (C=O) groups excluding carboxylic acids is 2. The minimum atomic E-state index is -4.02. The van der Waals surface area contributed by atoms with E-state index in [1.54, 1.807) is 37.3 Å². The Kier molecular flexibility index (Phi) is 9.67. The van der Waals surface area contributed by atoms with Gasteiger partial charge in [0, 0.05) is 4.70 Å². The molecule has 3 aromatic carbocycles. The van der Waals surface area contributed by atoms with E-state index in [1.165, 1.54) is 11.3 Å². The van der Waals surface area contributed by atoms with Gasteiger partial charge in [0.1, 0.15) is 12.3 Å². The summed E-state index contributed by atoms with van der Waals surface area (Å²) in [5.41, 5.74) is 0.969. The number of rotatable bonds is 13. The van der Waals surface area contributed by atoms with E-state index in [0.717, 1.165) is 15.6 Å². The van der Waals surface area contributed by atoms with Gasteiger partial charge in [0.2, 0.25) is 0 Å². The van der Waals surface area contributed by atoms with Crippen LogP contribution in [0.25, 0.3) is 10.1 Å². The number of amides is 1. The highest BCUT2D eigenvalue weighted by Crippen LogP contribution is 2.44. The maximum atomic E-state index is 13.6. The number of nitrogens with one attached hydrogen (secondary N) is 2. The zero-order valence-corrected chi connectivity index (χ0v) is 22.6. The van der Waals surface area contributed by atoms with Gasteiger partial charge in [-0.25, -0.2) is 9.65 Å². The van der Waals surface area contributed by atoms with Gasteiger partial charge in [0.25, 0.3) is 5.91 Å². The third-order valence-electron chi connectivity index (χ3n) is 5.45. The standard InChI is InChI=1S/C28H29N2O6PS/c1-2-34-27(31)19-29-37(33,36-24-14-7-4-8-15-24)35-20-23(17-21-11-5-3-6-12-21)30-28(32)26-18-22-13-9-10-16-25(22)38-26/h3-16,18,23H,2,17,19-20H2,1H3,(H,29,33)(H,30,32)/t23-,37?/m1/s1. The first-order chi connectivity index (χ1) is 18.4. The highest BCUT2D eigenvalue weighted by molar-refractivity contribution is 7.52. The van der Waals surface area contributed by atoms with Gasteiger partial charge in [0.15, 0.2) is 0 Å². The molecule has 0 aliphatic heterocycles. The lowest BCUT2D eigenvalue weighted by Gasteiger charge is -2.24. The fourth-order valence-corrected chi connectivity index (χ4v) is 5.96. The average molecular weight is 553 g/mol. The highest BCUT2D eigenvalue weighted by atomic mass is 32.1. The number of thiophene rings is 1. The fourth-order valence-electron chi connectivity index (χ4n) is 3.69. The lowest BCUT2D eigenvalue weighted by Crippen LogP contribution is -2.40. The van der Waals surface area contributed by atoms with E-state index in [9.17, 15) is 14.2 Å². The third-order valence-corrected chi connectivity index (χ3v) is 8.05. The molecule has 1 aromatic heterocycles. The molecular formula is C28H29N2O6PS. The summed E-state index contributed by atoms with van der Waals surface area (Å²) in [7, 11) is -4.02. The Morgan fingerprint density at radius 1 is 0.947 bits per heavy atom. The van der Waals surface area contributed by atoms with Crippen molar-refractivity contribution >= 4 is 41.0 Å². The summed E-state index contributed by atoms with van der Waals surface area (Å²) in [5.74, 6) is -0.540. The number of benzene rings is 3. The highest BCUT2D eigenvalue weighted by Gasteiger charge is 2.30. The van der Waals surface area contributed by atoms with E-state index in [1.807, 2.05) is 60.7 Å². The summed E-state index contributed by atoms with van der Waals surface area (Å²) in [6.07, 6.45) is 0.431. The van der Waals surface area contributed by atoms with Crippen molar-refractivity contribution in [2.75, 3.05) is 19.8 Å². The molecule has 0 aliphatic carbocycles. The molecule has 0 radical (unpaired) electrons. The van der Waals surface area contributed by atoms with Crippen LogP contribution in [-0.4, -0.2) is 37.7 Å². The SMILES string of the molecule is CCOC(=O)CNP(=O)(OC[C@@H](Cc1ccccc1)NC(=O)c1cc2ccccc2s1)Oc1ccccc1.